The van der Waals surface area contributed by atoms with E-state index in [9.17, 15) is 4.79 Å². The van der Waals surface area contributed by atoms with Crippen molar-refractivity contribution in [1.82, 2.24) is 0 Å². The van der Waals surface area contributed by atoms with E-state index in [1.54, 1.807) is 24.3 Å². The van der Waals surface area contributed by atoms with E-state index < -0.39 is 12.1 Å². The van der Waals surface area contributed by atoms with Gasteiger partial charge in [0.2, 0.25) is 0 Å². The summed E-state index contributed by atoms with van der Waals surface area (Å²) in [6, 6.07) is 24.9. The van der Waals surface area contributed by atoms with Crippen LogP contribution in [-0.2, 0) is 9.53 Å². The van der Waals surface area contributed by atoms with Crippen LogP contribution in [0.15, 0.2) is 78.9 Å². The van der Waals surface area contributed by atoms with Crippen molar-refractivity contribution < 1.29 is 24.2 Å². The summed E-state index contributed by atoms with van der Waals surface area (Å²) in [6.45, 7) is 1.72. The summed E-state index contributed by atoms with van der Waals surface area (Å²) in [5.74, 6) is -0.156. The summed E-state index contributed by atoms with van der Waals surface area (Å²) in [5, 5.41) is 15.0. The van der Waals surface area contributed by atoms with Crippen LogP contribution in [0.5, 0.6) is 5.75 Å². The number of nitrogens with one attached hydrogen (secondary N) is 1. The second-order valence-electron chi connectivity index (χ2n) is 7.30. The Hall–Kier alpha value is -4.33. The average molecular weight is 447 g/mol. The SMILES string of the molecule is CC(=O)O.N=C(N)c1cccc(N2CC(COc3ccc(-c4ccccc4)cc3)OC2=O)c1. The van der Waals surface area contributed by atoms with Crippen LogP contribution in [0.1, 0.15) is 12.5 Å². The van der Waals surface area contributed by atoms with Gasteiger partial charge in [-0.25, -0.2) is 4.79 Å². The van der Waals surface area contributed by atoms with Gasteiger partial charge in [-0.05, 0) is 35.4 Å². The molecule has 1 aliphatic heterocycles. The van der Waals surface area contributed by atoms with Crippen LogP contribution in [0.25, 0.3) is 11.1 Å². The van der Waals surface area contributed by atoms with Crippen LogP contribution in [0.3, 0.4) is 0 Å². The summed E-state index contributed by atoms with van der Waals surface area (Å²) < 4.78 is 11.2. The van der Waals surface area contributed by atoms with E-state index in [4.69, 9.17) is 30.5 Å². The fourth-order valence-corrected chi connectivity index (χ4v) is 3.22. The number of nitrogen functional groups attached to an aromatic ring is 1. The van der Waals surface area contributed by atoms with E-state index in [0.717, 1.165) is 23.8 Å². The van der Waals surface area contributed by atoms with E-state index >= 15 is 0 Å². The van der Waals surface area contributed by atoms with Crippen LogP contribution in [0.4, 0.5) is 10.5 Å². The molecule has 4 rings (SSSR count). The number of aliphatic carboxylic acids is 1. The number of ether oxygens (including phenoxy) is 2. The molecule has 0 radical (unpaired) electrons. The predicted octanol–water partition coefficient (Wildman–Crippen LogP) is 4.13. The topological polar surface area (TPSA) is 126 Å². The first-order chi connectivity index (χ1) is 15.8. The van der Waals surface area contributed by atoms with Crippen LogP contribution >= 0.6 is 0 Å². The highest BCUT2D eigenvalue weighted by Gasteiger charge is 2.33. The molecule has 8 heteroatoms. The van der Waals surface area contributed by atoms with E-state index in [1.165, 1.54) is 4.90 Å². The highest BCUT2D eigenvalue weighted by Crippen LogP contribution is 2.25. The normalized spacial score (nSPS) is 14.6. The van der Waals surface area contributed by atoms with Crippen molar-refractivity contribution in [3.63, 3.8) is 0 Å². The lowest BCUT2D eigenvalue weighted by molar-refractivity contribution is -0.134. The van der Waals surface area contributed by atoms with Crippen molar-refractivity contribution in [2.24, 2.45) is 5.73 Å². The van der Waals surface area contributed by atoms with E-state index in [1.807, 2.05) is 42.5 Å². The maximum atomic E-state index is 12.2. The zero-order valence-electron chi connectivity index (χ0n) is 18.1. The van der Waals surface area contributed by atoms with Gasteiger partial charge in [-0.2, -0.15) is 0 Å². The summed E-state index contributed by atoms with van der Waals surface area (Å²) in [7, 11) is 0. The van der Waals surface area contributed by atoms with E-state index in [0.29, 0.717) is 17.8 Å². The maximum absolute atomic E-state index is 12.2. The summed E-state index contributed by atoms with van der Waals surface area (Å²) in [6.07, 6.45) is -0.809. The quantitative estimate of drug-likeness (QED) is 0.385. The molecule has 0 aromatic heterocycles. The third-order valence-electron chi connectivity index (χ3n) is 4.74. The van der Waals surface area contributed by atoms with Gasteiger partial charge in [0, 0.05) is 18.2 Å². The molecule has 0 aliphatic carbocycles. The Morgan fingerprint density at radius 3 is 2.36 bits per heavy atom. The number of carboxylic acid groups (broad SMARTS) is 1. The minimum Gasteiger partial charge on any atom is -0.490 e. The first-order valence-corrected chi connectivity index (χ1v) is 10.2. The Balaban J connectivity index is 0.000000709. The molecule has 1 atom stereocenters. The third kappa shape index (κ3) is 6.57. The summed E-state index contributed by atoms with van der Waals surface area (Å²) >= 11 is 0. The monoisotopic (exact) mass is 447 g/mol. The number of hydrogen-bond acceptors (Lipinski definition) is 5. The molecule has 3 aromatic carbocycles. The fourth-order valence-electron chi connectivity index (χ4n) is 3.22. The number of rotatable bonds is 6. The van der Waals surface area contributed by atoms with Crippen LogP contribution in [-0.4, -0.2) is 42.3 Å². The van der Waals surface area contributed by atoms with Crippen molar-refractivity contribution in [3.8, 4) is 16.9 Å². The van der Waals surface area contributed by atoms with Gasteiger partial charge in [-0.1, -0.05) is 54.6 Å². The molecule has 1 saturated heterocycles. The van der Waals surface area contributed by atoms with Gasteiger partial charge in [0.25, 0.3) is 5.97 Å². The minimum absolute atomic E-state index is 0.0433. The van der Waals surface area contributed by atoms with Gasteiger partial charge in [-0.15, -0.1) is 0 Å². The number of cyclic esters (lactones) is 1. The van der Waals surface area contributed by atoms with Gasteiger partial charge in [-0.3, -0.25) is 15.1 Å². The second kappa shape index (κ2) is 10.8. The molecule has 1 amide bonds. The van der Waals surface area contributed by atoms with Crippen LogP contribution < -0.4 is 15.4 Å². The van der Waals surface area contributed by atoms with Gasteiger partial charge >= 0.3 is 6.09 Å². The average Bonchev–Trinajstić information content (AvgIpc) is 3.19. The summed E-state index contributed by atoms with van der Waals surface area (Å²) in [4.78, 5) is 22.8. The third-order valence-corrected chi connectivity index (χ3v) is 4.74. The molecule has 170 valence electrons. The molecule has 33 heavy (non-hydrogen) atoms. The lowest BCUT2D eigenvalue weighted by atomic mass is 10.1. The highest BCUT2D eigenvalue weighted by molar-refractivity contribution is 5.97. The standard InChI is InChI=1S/C23H21N3O3.C2H4O2/c24-22(25)18-7-4-8-19(13-18)26-14-21(29-23(26)27)15-28-20-11-9-17(10-12-20)16-5-2-1-3-6-16;1-2(3)4/h1-13,21H,14-15H2,(H3,24,25);1H3,(H,3,4). The number of hydrogen-bond donors (Lipinski definition) is 3. The molecule has 3 aromatic rings. The van der Waals surface area contributed by atoms with Crippen LogP contribution in [0, 0.1) is 5.41 Å². The number of amides is 1. The number of benzene rings is 3. The molecular weight excluding hydrogens is 422 g/mol. The Labute approximate surface area is 191 Å². The molecule has 1 unspecified atom stereocenters. The molecule has 1 aliphatic rings. The van der Waals surface area contributed by atoms with Crippen molar-refractivity contribution in [3.05, 3.63) is 84.4 Å². The van der Waals surface area contributed by atoms with Crippen molar-refractivity contribution in [1.29, 1.82) is 5.41 Å². The number of carboxylic acids is 1. The van der Waals surface area contributed by atoms with Crippen molar-refractivity contribution >= 4 is 23.6 Å². The fraction of sp³-hybridized carbons (Fsp3) is 0.160. The molecule has 8 nitrogen and oxygen atoms in total. The van der Waals surface area contributed by atoms with Crippen LogP contribution in [0.2, 0.25) is 0 Å². The minimum atomic E-state index is -0.833. The first kappa shape index (κ1) is 23.3. The smallest absolute Gasteiger partial charge is 0.414 e. The predicted molar refractivity (Wildman–Crippen MR) is 126 cm³/mol. The number of carbonyl (C=O) groups is 2. The Morgan fingerprint density at radius 1 is 1.09 bits per heavy atom. The molecule has 0 spiro atoms. The number of carbonyl (C=O) groups excluding carboxylic acids is 1. The molecule has 1 fully saturated rings. The Morgan fingerprint density at radius 2 is 1.73 bits per heavy atom. The van der Waals surface area contributed by atoms with Gasteiger partial charge < -0.3 is 20.3 Å². The molecule has 1 heterocycles. The lowest BCUT2D eigenvalue weighted by Gasteiger charge is -2.14. The van der Waals surface area contributed by atoms with E-state index in [2.05, 4.69) is 12.1 Å². The Kier molecular flexibility index (Phi) is 7.64. The maximum Gasteiger partial charge on any atom is 0.414 e. The molecule has 4 N–H and O–H groups in total. The molecule has 0 bridgehead atoms. The molecular formula is C25H25N3O5. The number of nitrogens with zero attached hydrogens (tertiary/aromatic N) is 1. The van der Waals surface area contributed by atoms with E-state index in [-0.39, 0.29) is 18.5 Å². The van der Waals surface area contributed by atoms with Crippen molar-refractivity contribution in [2.75, 3.05) is 18.1 Å². The zero-order chi connectivity index (χ0) is 23.8. The number of anilines is 1. The second-order valence-corrected chi connectivity index (χ2v) is 7.30. The largest absolute Gasteiger partial charge is 0.490 e. The highest BCUT2D eigenvalue weighted by atomic mass is 16.6. The van der Waals surface area contributed by atoms with Gasteiger partial charge in [0.05, 0.1) is 6.54 Å². The van der Waals surface area contributed by atoms with Gasteiger partial charge in [0.15, 0.2) is 6.10 Å². The zero-order valence-corrected chi connectivity index (χ0v) is 18.1. The summed E-state index contributed by atoms with van der Waals surface area (Å²) in [5.41, 5.74) is 9.00. The first-order valence-electron chi connectivity index (χ1n) is 10.2. The Bertz CT molecular complexity index is 1110. The van der Waals surface area contributed by atoms with Gasteiger partial charge in [0.1, 0.15) is 18.2 Å². The number of amidine groups is 1. The number of nitrogens with two attached hydrogens (primary N) is 1. The molecule has 0 saturated carbocycles. The van der Waals surface area contributed by atoms with Crippen molar-refractivity contribution in [2.45, 2.75) is 13.0 Å². The lowest BCUT2D eigenvalue weighted by Crippen LogP contribution is -2.27.